The largest absolute Gasteiger partial charge is 0.478 e. The summed E-state index contributed by atoms with van der Waals surface area (Å²) in [4.78, 5) is 22.8. The fraction of sp³-hybridized carbons (Fsp3) is 0.385. The van der Waals surface area contributed by atoms with Crippen LogP contribution in [0, 0.1) is 6.92 Å². The summed E-state index contributed by atoms with van der Waals surface area (Å²) in [6.45, 7) is 5.05. The molecular formula is C13H18N2O3. The third-order valence-corrected chi connectivity index (χ3v) is 2.54. The SMILES string of the molecule is CCNCCC(=O)Nc1cccc(C)c1C(=O)O. The summed E-state index contributed by atoms with van der Waals surface area (Å²) in [6.07, 6.45) is 0.320. The number of carboxylic acid groups (broad SMARTS) is 1. The van der Waals surface area contributed by atoms with Crippen molar-refractivity contribution in [2.75, 3.05) is 18.4 Å². The molecule has 0 aromatic heterocycles. The van der Waals surface area contributed by atoms with Gasteiger partial charge in [0.2, 0.25) is 5.91 Å². The van der Waals surface area contributed by atoms with Gasteiger partial charge in [-0.3, -0.25) is 4.79 Å². The minimum Gasteiger partial charge on any atom is -0.478 e. The van der Waals surface area contributed by atoms with Crippen LogP contribution in [-0.2, 0) is 4.79 Å². The molecule has 3 N–H and O–H groups in total. The van der Waals surface area contributed by atoms with Crippen molar-refractivity contribution in [3.8, 4) is 0 Å². The molecule has 0 atom stereocenters. The fourth-order valence-corrected chi connectivity index (χ4v) is 1.65. The Labute approximate surface area is 106 Å². The monoisotopic (exact) mass is 250 g/mol. The van der Waals surface area contributed by atoms with Crippen LogP contribution in [0.5, 0.6) is 0 Å². The lowest BCUT2D eigenvalue weighted by molar-refractivity contribution is -0.116. The maximum atomic E-state index is 11.6. The molecule has 0 bridgehead atoms. The molecule has 0 aliphatic rings. The van der Waals surface area contributed by atoms with Crippen LogP contribution in [0.2, 0.25) is 0 Å². The average Bonchev–Trinajstić information content (AvgIpc) is 2.28. The number of aromatic carboxylic acids is 1. The molecule has 0 radical (unpaired) electrons. The van der Waals surface area contributed by atoms with Crippen molar-refractivity contribution in [3.05, 3.63) is 29.3 Å². The predicted molar refractivity (Wildman–Crippen MR) is 69.9 cm³/mol. The molecule has 5 heteroatoms. The molecular weight excluding hydrogens is 232 g/mol. The van der Waals surface area contributed by atoms with E-state index >= 15 is 0 Å². The molecule has 0 saturated heterocycles. The molecule has 1 aromatic rings. The summed E-state index contributed by atoms with van der Waals surface area (Å²) in [5, 5.41) is 14.8. The summed E-state index contributed by atoms with van der Waals surface area (Å²) in [5.74, 6) is -1.22. The lowest BCUT2D eigenvalue weighted by atomic mass is 10.1. The van der Waals surface area contributed by atoms with Gasteiger partial charge < -0.3 is 15.7 Å². The highest BCUT2D eigenvalue weighted by Gasteiger charge is 2.14. The molecule has 0 saturated carbocycles. The zero-order valence-corrected chi connectivity index (χ0v) is 10.6. The first kappa shape index (κ1) is 14.2. The first-order valence-electron chi connectivity index (χ1n) is 5.89. The Bertz CT molecular complexity index is 444. The second-order valence-electron chi connectivity index (χ2n) is 3.95. The Morgan fingerprint density at radius 3 is 2.67 bits per heavy atom. The van der Waals surface area contributed by atoms with Gasteiger partial charge in [-0.25, -0.2) is 4.79 Å². The van der Waals surface area contributed by atoms with Gasteiger partial charge in [-0.15, -0.1) is 0 Å². The Hall–Kier alpha value is -1.88. The molecule has 1 amide bonds. The second-order valence-corrected chi connectivity index (χ2v) is 3.95. The van der Waals surface area contributed by atoms with E-state index in [0.717, 1.165) is 6.54 Å². The first-order chi connectivity index (χ1) is 8.56. The number of amides is 1. The number of carbonyl (C=O) groups excluding carboxylic acids is 1. The van der Waals surface area contributed by atoms with E-state index in [1.165, 1.54) is 0 Å². The summed E-state index contributed by atoms with van der Waals surface area (Å²) in [5.41, 5.74) is 1.13. The third-order valence-electron chi connectivity index (χ3n) is 2.54. The van der Waals surface area contributed by atoms with Crippen LogP contribution < -0.4 is 10.6 Å². The maximum Gasteiger partial charge on any atom is 0.338 e. The lowest BCUT2D eigenvalue weighted by Crippen LogP contribution is -2.22. The molecule has 0 heterocycles. The predicted octanol–water partition coefficient (Wildman–Crippen LogP) is 1.63. The molecule has 1 aromatic carbocycles. The van der Waals surface area contributed by atoms with E-state index in [4.69, 9.17) is 5.11 Å². The van der Waals surface area contributed by atoms with E-state index in [-0.39, 0.29) is 11.5 Å². The van der Waals surface area contributed by atoms with Crippen molar-refractivity contribution >= 4 is 17.6 Å². The Balaban J connectivity index is 2.75. The van der Waals surface area contributed by atoms with E-state index in [9.17, 15) is 9.59 Å². The fourth-order valence-electron chi connectivity index (χ4n) is 1.65. The zero-order chi connectivity index (χ0) is 13.5. The average molecular weight is 250 g/mol. The van der Waals surface area contributed by atoms with E-state index < -0.39 is 5.97 Å². The first-order valence-corrected chi connectivity index (χ1v) is 5.89. The molecule has 0 unspecified atom stereocenters. The minimum atomic E-state index is -1.03. The summed E-state index contributed by atoms with van der Waals surface area (Å²) in [6, 6.07) is 5.03. The Kier molecular flexibility index (Phi) is 5.32. The van der Waals surface area contributed by atoms with Gasteiger partial charge in [0.05, 0.1) is 11.3 Å². The molecule has 1 rings (SSSR count). The summed E-state index contributed by atoms with van der Waals surface area (Å²) in [7, 11) is 0. The van der Waals surface area contributed by atoms with E-state index in [0.29, 0.717) is 24.2 Å². The van der Waals surface area contributed by atoms with Gasteiger partial charge in [-0.05, 0) is 25.1 Å². The van der Waals surface area contributed by atoms with Crippen molar-refractivity contribution in [2.24, 2.45) is 0 Å². The number of anilines is 1. The van der Waals surface area contributed by atoms with E-state index in [1.54, 1.807) is 25.1 Å². The highest BCUT2D eigenvalue weighted by Crippen LogP contribution is 2.19. The molecule has 5 nitrogen and oxygen atoms in total. The molecule has 98 valence electrons. The van der Waals surface area contributed by atoms with Crippen molar-refractivity contribution in [3.63, 3.8) is 0 Å². The van der Waals surface area contributed by atoms with Gasteiger partial charge in [0.15, 0.2) is 0 Å². The van der Waals surface area contributed by atoms with Gasteiger partial charge in [-0.1, -0.05) is 19.1 Å². The standard InChI is InChI=1S/C13H18N2O3/c1-3-14-8-7-11(16)15-10-6-4-5-9(2)12(10)13(17)18/h4-6,14H,3,7-8H2,1-2H3,(H,15,16)(H,17,18). The molecule has 18 heavy (non-hydrogen) atoms. The van der Waals surface area contributed by atoms with Gasteiger partial charge in [0, 0.05) is 13.0 Å². The number of rotatable bonds is 6. The van der Waals surface area contributed by atoms with Gasteiger partial charge >= 0.3 is 5.97 Å². The van der Waals surface area contributed by atoms with Crippen LogP contribution in [0.4, 0.5) is 5.69 Å². The number of benzene rings is 1. The van der Waals surface area contributed by atoms with Gasteiger partial charge in [-0.2, -0.15) is 0 Å². The highest BCUT2D eigenvalue weighted by molar-refractivity contribution is 6.01. The zero-order valence-electron chi connectivity index (χ0n) is 10.6. The second kappa shape index (κ2) is 6.76. The third kappa shape index (κ3) is 3.85. The van der Waals surface area contributed by atoms with Crippen LogP contribution >= 0.6 is 0 Å². The number of nitrogens with one attached hydrogen (secondary N) is 2. The van der Waals surface area contributed by atoms with Crippen molar-refractivity contribution in [1.29, 1.82) is 0 Å². The van der Waals surface area contributed by atoms with Crippen molar-refractivity contribution in [2.45, 2.75) is 20.3 Å². The summed E-state index contributed by atoms with van der Waals surface area (Å²) < 4.78 is 0. The number of hydrogen-bond donors (Lipinski definition) is 3. The van der Waals surface area contributed by atoms with Crippen molar-refractivity contribution in [1.82, 2.24) is 5.32 Å². The molecule has 0 aliphatic carbocycles. The number of carbonyl (C=O) groups is 2. The van der Waals surface area contributed by atoms with Crippen LogP contribution in [-0.4, -0.2) is 30.1 Å². The van der Waals surface area contributed by atoms with Crippen LogP contribution in [0.1, 0.15) is 29.3 Å². The number of hydrogen-bond acceptors (Lipinski definition) is 3. The quantitative estimate of drug-likeness (QED) is 0.670. The Morgan fingerprint density at radius 1 is 1.33 bits per heavy atom. The van der Waals surface area contributed by atoms with Crippen LogP contribution in [0.3, 0.4) is 0 Å². The Morgan fingerprint density at radius 2 is 2.06 bits per heavy atom. The molecule has 0 fully saturated rings. The smallest absolute Gasteiger partial charge is 0.338 e. The maximum absolute atomic E-state index is 11.6. The van der Waals surface area contributed by atoms with Crippen LogP contribution in [0.15, 0.2) is 18.2 Å². The summed E-state index contributed by atoms with van der Waals surface area (Å²) >= 11 is 0. The topological polar surface area (TPSA) is 78.4 Å². The van der Waals surface area contributed by atoms with Gasteiger partial charge in [0.1, 0.15) is 0 Å². The van der Waals surface area contributed by atoms with Gasteiger partial charge in [0.25, 0.3) is 0 Å². The van der Waals surface area contributed by atoms with Crippen LogP contribution in [0.25, 0.3) is 0 Å². The van der Waals surface area contributed by atoms with E-state index in [2.05, 4.69) is 10.6 Å². The minimum absolute atomic E-state index is 0.148. The lowest BCUT2D eigenvalue weighted by Gasteiger charge is -2.10. The normalized spacial score (nSPS) is 10.1. The molecule has 0 aliphatic heterocycles. The van der Waals surface area contributed by atoms with E-state index in [1.807, 2.05) is 6.92 Å². The van der Waals surface area contributed by atoms with Crippen molar-refractivity contribution < 1.29 is 14.7 Å². The molecule has 0 spiro atoms. The number of carboxylic acids is 1. The number of aryl methyl sites for hydroxylation is 1. The highest BCUT2D eigenvalue weighted by atomic mass is 16.4.